The highest BCUT2D eigenvalue weighted by atomic mass is 16.5. The van der Waals surface area contributed by atoms with E-state index in [2.05, 4.69) is 43.9 Å². The number of aryl methyl sites for hydroxylation is 2. The molecule has 5 rings (SSSR count). The number of imidazole rings is 1. The number of anilines is 2. The molecule has 1 aliphatic rings. The van der Waals surface area contributed by atoms with Crippen LogP contribution in [0.3, 0.4) is 0 Å². The zero-order valence-electron chi connectivity index (χ0n) is 21.7. The number of hydrogen-bond acceptors (Lipinski definition) is 8. The molecular formula is C27H28N8O3. The maximum Gasteiger partial charge on any atom is 0.269 e. The van der Waals surface area contributed by atoms with Crippen molar-refractivity contribution in [3.63, 3.8) is 0 Å². The second-order valence-corrected chi connectivity index (χ2v) is 9.50. The molecule has 1 saturated heterocycles. The number of nitrogens with zero attached hydrogens (tertiary/aromatic N) is 7. The summed E-state index contributed by atoms with van der Waals surface area (Å²) in [6.07, 6.45) is 4.77. The van der Waals surface area contributed by atoms with E-state index in [9.17, 15) is 4.79 Å². The van der Waals surface area contributed by atoms with Gasteiger partial charge in [-0.3, -0.25) is 4.79 Å². The van der Waals surface area contributed by atoms with Gasteiger partial charge in [-0.2, -0.15) is 4.98 Å². The smallest absolute Gasteiger partial charge is 0.269 e. The van der Waals surface area contributed by atoms with Gasteiger partial charge in [-0.1, -0.05) is 20.4 Å². The molecule has 38 heavy (non-hydrogen) atoms. The van der Waals surface area contributed by atoms with E-state index in [1.54, 1.807) is 41.4 Å². The van der Waals surface area contributed by atoms with Crippen LogP contribution in [0.1, 0.15) is 29.8 Å². The lowest BCUT2D eigenvalue weighted by molar-refractivity contribution is -0.0154. The Labute approximate surface area is 220 Å². The minimum absolute atomic E-state index is 0.0399. The molecule has 0 bridgehead atoms. The number of morpholine rings is 1. The molecule has 11 heteroatoms. The summed E-state index contributed by atoms with van der Waals surface area (Å²) in [5.74, 6) is 1.93. The van der Waals surface area contributed by atoms with Gasteiger partial charge in [0.25, 0.3) is 11.7 Å². The minimum atomic E-state index is -0.0500. The highest BCUT2D eigenvalue weighted by Crippen LogP contribution is 2.32. The van der Waals surface area contributed by atoms with Crippen LogP contribution in [0.15, 0.2) is 43.0 Å². The van der Waals surface area contributed by atoms with E-state index in [0.29, 0.717) is 71.4 Å². The number of amides is 1. The largest absolute Gasteiger partial charge is 0.435 e. The number of rotatable bonds is 6. The van der Waals surface area contributed by atoms with Crippen LogP contribution in [-0.4, -0.2) is 61.1 Å². The first-order valence-electron chi connectivity index (χ1n) is 12.3. The molecule has 0 unspecified atom stereocenters. The lowest BCUT2D eigenvalue weighted by Gasteiger charge is -2.38. The van der Waals surface area contributed by atoms with Gasteiger partial charge in [-0.15, -0.1) is 4.98 Å². The van der Waals surface area contributed by atoms with E-state index in [-0.39, 0.29) is 11.9 Å². The Kier molecular flexibility index (Phi) is 6.89. The second kappa shape index (κ2) is 10.4. The number of carbonyl (C=O) groups is 1. The first-order chi connectivity index (χ1) is 18.3. The third kappa shape index (κ3) is 4.99. The van der Waals surface area contributed by atoms with E-state index >= 15 is 0 Å². The molecule has 0 radical (unpaired) electrons. The van der Waals surface area contributed by atoms with Crippen LogP contribution in [0.2, 0.25) is 0 Å². The Hall–Kier alpha value is -4.56. The van der Waals surface area contributed by atoms with Gasteiger partial charge in [0, 0.05) is 25.9 Å². The van der Waals surface area contributed by atoms with Crippen molar-refractivity contribution < 1.29 is 14.3 Å². The van der Waals surface area contributed by atoms with Gasteiger partial charge in [0.15, 0.2) is 17.6 Å². The molecule has 194 valence electrons. The van der Waals surface area contributed by atoms with Crippen LogP contribution >= 0.6 is 0 Å². The molecule has 5 heterocycles. The van der Waals surface area contributed by atoms with Crippen LogP contribution in [0, 0.1) is 19.4 Å². The number of nitrogens with one attached hydrogen (secondary N) is 1. The first-order valence-corrected chi connectivity index (χ1v) is 12.3. The van der Waals surface area contributed by atoms with Crippen molar-refractivity contribution in [3.8, 4) is 11.6 Å². The summed E-state index contributed by atoms with van der Waals surface area (Å²) in [4.78, 5) is 36.1. The molecule has 11 nitrogen and oxygen atoms in total. The van der Waals surface area contributed by atoms with E-state index in [4.69, 9.17) is 16.0 Å². The fourth-order valence-electron chi connectivity index (χ4n) is 4.36. The molecule has 4 aromatic heterocycles. The summed E-state index contributed by atoms with van der Waals surface area (Å²) < 4.78 is 13.4. The number of carbonyl (C=O) groups excluding carboxylic acids is 1. The minimum Gasteiger partial charge on any atom is -0.435 e. The molecule has 1 amide bonds. The maximum atomic E-state index is 13.2. The van der Waals surface area contributed by atoms with Gasteiger partial charge in [0.05, 0.1) is 36.8 Å². The van der Waals surface area contributed by atoms with Crippen LogP contribution in [-0.2, 0) is 11.8 Å². The molecular weight excluding hydrogens is 484 g/mol. The molecule has 0 spiro atoms. The topological polar surface area (TPSA) is 112 Å². The van der Waals surface area contributed by atoms with Crippen molar-refractivity contribution in [2.45, 2.75) is 26.8 Å². The molecule has 1 fully saturated rings. The van der Waals surface area contributed by atoms with Gasteiger partial charge in [0.1, 0.15) is 11.3 Å². The van der Waals surface area contributed by atoms with E-state index in [1.165, 1.54) is 6.20 Å². The van der Waals surface area contributed by atoms with Gasteiger partial charge in [-0.05, 0) is 36.6 Å². The molecule has 4 aromatic rings. The summed E-state index contributed by atoms with van der Waals surface area (Å²) >= 11 is 0. The summed E-state index contributed by atoms with van der Waals surface area (Å²) in [6, 6.07) is 6.98. The van der Waals surface area contributed by atoms with Crippen molar-refractivity contribution in [1.29, 1.82) is 0 Å². The van der Waals surface area contributed by atoms with Crippen molar-refractivity contribution in [2.75, 3.05) is 25.1 Å². The second-order valence-electron chi connectivity index (χ2n) is 9.50. The Balaban J connectivity index is 1.40. The Morgan fingerprint density at radius 2 is 2.08 bits per heavy atom. The molecule has 0 aliphatic carbocycles. The molecule has 1 aliphatic heterocycles. The molecule has 0 saturated carbocycles. The van der Waals surface area contributed by atoms with Crippen molar-refractivity contribution in [1.82, 2.24) is 29.4 Å². The van der Waals surface area contributed by atoms with Gasteiger partial charge >= 0.3 is 0 Å². The predicted molar refractivity (Wildman–Crippen MR) is 142 cm³/mol. The number of hydrogen-bond donors (Lipinski definition) is 1. The first kappa shape index (κ1) is 25.1. The highest BCUT2D eigenvalue weighted by Gasteiger charge is 2.30. The SMILES string of the molecule is [C-]#[N+]c1cc(C)c(Oc2cc(Nc3ccc(C(=O)N4CCOC[C@H]4C(C)C)cn3)c3ncn(C)c3n2)cn1. The van der Waals surface area contributed by atoms with Crippen molar-refractivity contribution in [3.05, 3.63) is 65.5 Å². The quantitative estimate of drug-likeness (QED) is 0.372. The highest BCUT2D eigenvalue weighted by molar-refractivity contribution is 5.94. The third-order valence-electron chi connectivity index (χ3n) is 6.49. The number of aromatic nitrogens is 5. The monoisotopic (exact) mass is 512 g/mol. The zero-order chi connectivity index (χ0) is 26.8. The number of pyridine rings is 3. The summed E-state index contributed by atoms with van der Waals surface area (Å²) in [5, 5.41) is 3.28. The molecule has 1 atom stereocenters. The van der Waals surface area contributed by atoms with Crippen LogP contribution in [0.4, 0.5) is 17.3 Å². The fraction of sp³-hybridized carbons (Fsp3) is 0.333. The number of fused-ring (bicyclic) bond motifs is 1. The van der Waals surface area contributed by atoms with E-state index in [0.717, 1.165) is 5.56 Å². The van der Waals surface area contributed by atoms with Crippen molar-refractivity contribution >= 4 is 34.4 Å². The average Bonchev–Trinajstić information content (AvgIpc) is 3.30. The van der Waals surface area contributed by atoms with Gasteiger partial charge in [0.2, 0.25) is 5.88 Å². The summed E-state index contributed by atoms with van der Waals surface area (Å²) in [7, 11) is 1.85. The molecule has 1 N–H and O–H groups in total. The Bertz CT molecular complexity index is 1520. The average molecular weight is 513 g/mol. The summed E-state index contributed by atoms with van der Waals surface area (Å²) in [6.45, 7) is 14.8. The Morgan fingerprint density at radius 1 is 1.24 bits per heavy atom. The van der Waals surface area contributed by atoms with Crippen LogP contribution in [0.5, 0.6) is 11.6 Å². The van der Waals surface area contributed by atoms with Gasteiger partial charge in [-0.25, -0.2) is 9.97 Å². The Morgan fingerprint density at radius 3 is 2.79 bits per heavy atom. The van der Waals surface area contributed by atoms with Crippen LogP contribution < -0.4 is 10.1 Å². The lowest BCUT2D eigenvalue weighted by atomic mass is 10.0. The fourth-order valence-corrected chi connectivity index (χ4v) is 4.36. The van der Waals surface area contributed by atoms with E-state index in [1.807, 2.05) is 18.9 Å². The zero-order valence-corrected chi connectivity index (χ0v) is 21.7. The predicted octanol–water partition coefficient (Wildman–Crippen LogP) is 4.65. The van der Waals surface area contributed by atoms with Crippen LogP contribution in [0.25, 0.3) is 16.0 Å². The number of ether oxygens (including phenoxy) is 2. The normalized spacial score (nSPS) is 15.5. The summed E-state index contributed by atoms with van der Waals surface area (Å²) in [5.41, 5.74) is 3.21. The van der Waals surface area contributed by atoms with Crippen molar-refractivity contribution in [2.24, 2.45) is 13.0 Å². The molecule has 0 aromatic carbocycles. The maximum absolute atomic E-state index is 13.2. The third-order valence-corrected chi connectivity index (χ3v) is 6.49. The van der Waals surface area contributed by atoms with Gasteiger partial charge < -0.3 is 29.1 Å². The standard InChI is InChI=1S/C27H28N8O3/c1-16(2)20-14-37-9-8-35(20)27(36)18-6-7-22(29-12-18)32-19-11-24(33-26-25(19)31-15-34(26)5)38-21-13-30-23(28-4)10-17(21)3/h6-7,10-13,15-16,20H,8-9,14H2,1-3,5H3,(H,29,32,33)/t20-/m0/s1. The lowest BCUT2D eigenvalue weighted by Crippen LogP contribution is -2.51. The van der Waals surface area contributed by atoms with E-state index < -0.39 is 0 Å².